The highest BCUT2D eigenvalue weighted by atomic mass is 16.5. The average molecular weight is 258 g/mol. The Bertz CT molecular complexity index is 222. The lowest BCUT2D eigenvalue weighted by atomic mass is 10.1. The van der Waals surface area contributed by atoms with Crippen LogP contribution in [0.4, 0.5) is 0 Å². The second-order valence-electron chi connectivity index (χ2n) is 4.99. The third kappa shape index (κ3) is 7.67. The van der Waals surface area contributed by atoms with Crippen LogP contribution in [0.3, 0.4) is 0 Å². The van der Waals surface area contributed by atoms with Gasteiger partial charge in [-0.3, -0.25) is 4.79 Å². The van der Waals surface area contributed by atoms with E-state index in [2.05, 4.69) is 38.0 Å². The minimum Gasteiger partial charge on any atom is -0.465 e. The first-order valence-corrected chi connectivity index (χ1v) is 7.13. The van der Waals surface area contributed by atoms with E-state index in [1.54, 1.807) is 0 Å². The smallest absolute Gasteiger partial charge is 0.324 e. The van der Waals surface area contributed by atoms with Gasteiger partial charge in [-0.05, 0) is 32.9 Å². The van der Waals surface area contributed by atoms with Gasteiger partial charge in [-0.1, -0.05) is 27.2 Å². The molecule has 2 atom stereocenters. The van der Waals surface area contributed by atoms with Crippen molar-refractivity contribution >= 4 is 5.97 Å². The Morgan fingerprint density at radius 3 is 2.44 bits per heavy atom. The van der Waals surface area contributed by atoms with E-state index in [0.29, 0.717) is 19.1 Å². The van der Waals surface area contributed by atoms with Crippen LogP contribution in [0.25, 0.3) is 0 Å². The summed E-state index contributed by atoms with van der Waals surface area (Å²) in [6.07, 6.45) is 2.18. The van der Waals surface area contributed by atoms with E-state index in [1.807, 2.05) is 6.92 Å². The number of likely N-dealkylation sites (N-methyl/N-ethyl adjacent to an activating group) is 1. The molecule has 108 valence electrons. The first kappa shape index (κ1) is 17.4. The predicted molar refractivity (Wildman–Crippen MR) is 75.7 cm³/mol. The van der Waals surface area contributed by atoms with E-state index in [0.717, 1.165) is 25.9 Å². The highest BCUT2D eigenvalue weighted by Crippen LogP contribution is 2.04. The molecule has 0 aliphatic rings. The molecule has 0 aromatic carbocycles. The zero-order valence-electron chi connectivity index (χ0n) is 12.7. The van der Waals surface area contributed by atoms with Crippen molar-refractivity contribution < 1.29 is 9.53 Å². The molecule has 0 rings (SSSR count). The van der Waals surface area contributed by atoms with Crippen molar-refractivity contribution in [2.24, 2.45) is 5.92 Å². The summed E-state index contributed by atoms with van der Waals surface area (Å²) in [5.74, 6) is 0.519. The Balaban J connectivity index is 4.24. The highest BCUT2D eigenvalue weighted by molar-refractivity contribution is 5.76. The fourth-order valence-electron chi connectivity index (χ4n) is 1.83. The number of ether oxygens (including phenoxy) is 1. The molecular weight excluding hydrogens is 228 g/mol. The Labute approximate surface area is 112 Å². The maximum absolute atomic E-state index is 11.8. The zero-order valence-corrected chi connectivity index (χ0v) is 12.7. The maximum Gasteiger partial charge on any atom is 0.324 e. The van der Waals surface area contributed by atoms with Gasteiger partial charge in [0, 0.05) is 13.1 Å². The van der Waals surface area contributed by atoms with Gasteiger partial charge in [-0.2, -0.15) is 0 Å². The van der Waals surface area contributed by atoms with Gasteiger partial charge in [-0.15, -0.1) is 0 Å². The van der Waals surface area contributed by atoms with Gasteiger partial charge in [-0.25, -0.2) is 0 Å². The van der Waals surface area contributed by atoms with Gasteiger partial charge in [0.05, 0.1) is 6.61 Å². The van der Waals surface area contributed by atoms with Gasteiger partial charge >= 0.3 is 5.97 Å². The van der Waals surface area contributed by atoms with E-state index in [1.165, 1.54) is 0 Å². The molecule has 0 saturated carbocycles. The first-order chi connectivity index (χ1) is 8.54. The summed E-state index contributed by atoms with van der Waals surface area (Å²) in [7, 11) is 2.06. The van der Waals surface area contributed by atoms with Gasteiger partial charge < -0.3 is 15.0 Å². The highest BCUT2D eigenvalue weighted by Gasteiger charge is 2.21. The second kappa shape index (κ2) is 10.3. The van der Waals surface area contributed by atoms with Crippen molar-refractivity contribution in [3.05, 3.63) is 0 Å². The summed E-state index contributed by atoms with van der Waals surface area (Å²) in [6.45, 7) is 11.4. The van der Waals surface area contributed by atoms with Crippen molar-refractivity contribution in [3.63, 3.8) is 0 Å². The zero-order chi connectivity index (χ0) is 14.0. The first-order valence-electron chi connectivity index (χ1n) is 7.13. The fraction of sp³-hybridized carbons (Fsp3) is 0.929. The van der Waals surface area contributed by atoms with E-state index in [9.17, 15) is 4.79 Å². The maximum atomic E-state index is 11.8. The van der Waals surface area contributed by atoms with Crippen LogP contribution in [-0.4, -0.2) is 50.2 Å². The molecule has 0 spiro atoms. The lowest BCUT2D eigenvalue weighted by Gasteiger charge is -2.25. The van der Waals surface area contributed by atoms with Crippen LogP contribution < -0.4 is 5.32 Å². The molecule has 4 nitrogen and oxygen atoms in total. The van der Waals surface area contributed by atoms with Crippen LogP contribution >= 0.6 is 0 Å². The molecule has 1 N–H and O–H groups in total. The Kier molecular flexibility index (Phi) is 9.98. The van der Waals surface area contributed by atoms with Crippen LogP contribution in [-0.2, 0) is 9.53 Å². The van der Waals surface area contributed by atoms with Gasteiger partial charge in [0.15, 0.2) is 0 Å². The average Bonchev–Trinajstić information content (AvgIpc) is 2.34. The molecule has 0 bridgehead atoms. The van der Waals surface area contributed by atoms with Crippen molar-refractivity contribution in [1.82, 2.24) is 10.2 Å². The normalized spacial score (nSPS) is 14.6. The van der Waals surface area contributed by atoms with Crippen LogP contribution in [0, 0.1) is 5.92 Å². The van der Waals surface area contributed by atoms with Crippen molar-refractivity contribution in [2.75, 3.05) is 33.3 Å². The quantitative estimate of drug-likeness (QED) is 0.608. The number of hydrogen-bond donors (Lipinski definition) is 1. The number of esters is 1. The summed E-state index contributed by atoms with van der Waals surface area (Å²) in [5.41, 5.74) is 0. The van der Waals surface area contributed by atoms with Crippen molar-refractivity contribution in [1.29, 1.82) is 0 Å². The molecule has 0 amide bonds. The van der Waals surface area contributed by atoms with E-state index in [-0.39, 0.29) is 12.0 Å². The number of nitrogens with one attached hydrogen (secondary N) is 1. The van der Waals surface area contributed by atoms with E-state index >= 15 is 0 Å². The van der Waals surface area contributed by atoms with Gasteiger partial charge in [0.1, 0.15) is 6.04 Å². The number of carbonyl (C=O) groups excluding carboxylic acids is 1. The third-order valence-corrected chi connectivity index (χ3v) is 3.03. The lowest BCUT2D eigenvalue weighted by molar-refractivity contribution is -0.146. The Morgan fingerprint density at radius 2 is 1.94 bits per heavy atom. The number of rotatable bonds is 10. The molecule has 0 aliphatic heterocycles. The second-order valence-corrected chi connectivity index (χ2v) is 4.99. The number of carbonyl (C=O) groups is 1. The molecule has 2 unspecified atom stereocenters. The van der Waals surface area contributed by atoms with Crippen LogP contribution in [0.15, 0.2) is 0 Å². The molecule has 0 saturated heterocycles. The van der Waals surface area contributed by atoms with Crippen molar-refractivity contribution in [2.45, 2.75) is 46.6 Å². The van der Waals surface area contributed by atoms with Crippen LogP contribution in [0.5, 0.6) is 0 Å². The molecule has 18 heavy (non-hydrogen) atoms. The molecule has 0 fully saturated rings. The van der Waals surface area contributed by atoms with Crippen LogP contribution in [0.2, 0.25) is 0 Å². The standard InChI is InChI=1S/C14H30N2O2/c1-6-9-15-13(14(17)18-8-3)11-16(5)10-12(4)7-2/h12-13,15H,6-11H2,1-5H3. The largest absolute Gasteiger partial charge is 0.465 e. The lowest BCUT2D eigenvalue weighted by Crippen LogP contribution is -2.47. The van der Waals surface area contributed by atoms with Crippen molar-refractivity contribution in [3.8, 4) is 0 Å². The topological polar surface area (TPSA) is 41.6 Å². The Morgan fingerprint density at radius 1 is 1.28 bits per heavy atom. The summed E-state index contributed by atoms with van der Waals surface area (Å²) in [4.78, 5) is 14.0. The van der Waals surface area contributed by atoms with Gasteiger partial charge in [0.25, 0.3) is 0 Å². The summed E-state index contributed by atoms with van der Waals surface area (Å²) in [5, 5.41) is 3.26. The fourth-order valence-corrected chi connectivity index (χ4v) is 1.83. The van der Waals surface area contributed by atoms with Gasteiger partial charge in [0.2, 0.25) is 0 Å². The Hall–Kier alpha value is -0.610. The summed E-state index contributed by atoms with van der Waals surface area (Å²) in [6, 6.07) is -0.209. The predicted octanol–water partition coefficient (Wildman–Crippen LogP) is 1.90. The van der Waals surface area contributed by atoms with E-state index in [4.69, 9.17) is 4.74 Å². The summed E-state index contributed by atoms with van der Waals surface area (Å²) >= 11 is 0. The summed E-state index contributed by atoms with van der Waals surface area (Å²) < 4.78 is 5.11. The minimum atomic E-state index is -0.209. The molecule has 0 aromatic heterocycles. The SMILES string of the molecule is CCCNC(CN(C)CC(C)CC)C(=O)OCC. The van der Waals surface area contributed by atoms with Crippen LogP contribution in [0.1, 0.15) is 40.5 Å². The molecule has 0 aromatic rings. The monoisotopic (exact) mass is 258 g/mol. The molecular formula is C14H30N2O2. The van der Waals surface area contributed by atoms with E-state index < -0.39 is 0 Å². The third-order valence-electron chi connectivity index (χ3n) is 3.03. The molecule has 0 heterocycles. The molecule has 0 aliphatic carbocycles. The number of hydrogen-bond acceptors (Lipinski definition) is 4. The number of nitrogens with zero attached hydrogens (tertiary/aromatic N) is 1. The molecule has 0 radical (unpaired) electrons. The minimum absolute atomic E-state index is 0.137. The molecule has 4 heteroatoms.